The summed E-state index contributed by atoms with van der Waals surface area (Å²) in [4.78, 5) is 2.67. The number of rotatable bonds is 6. The molecule has 2 rings (SSSR count). The molecule has 0 radical (unpaired) electrons. The zero-order valence-corrected chi connectivity index (χ0v) is 13.6. The van der Waals surface area contributed by atoms with E-state index in [2.05, 4.69) is 64.4 Å². The normalized spacial score (nSPS) is 21.7. The van der Waals surface area contributed by atoms with Crippen LogP contribution in [0.4, 0.5) is 0 Å². The number of likely N-dealkylation sites (tertiary alicyclic amines) is 1. The van der Waals surface area contributed by atoms with E-state index in [-0.39, 0.29) is 0 Å². The van der Waals surface area contributed by atoms with E-state index >= 15 is 0 Å². The van der Waals surface area contributed by atoms with Crippen molar-refractivity contribution < 1.29 is 0 Å². The number of nitrogens with zero attached hydrogens (tertiary/aromatic N) is 1. The molecule has 2 unspecified atom stereocenters. The molecule has 19 heavy (non-hydrogen) atoms. The standard InChI is InChI=1S/C16H25BrN2/c1-3-15-8-5-10-19(15)11-9-16(18-2)13-6-4-7-14(17)12-13/h4,6-7,12,15-16,18H,3,5,8-11H2,1-2H3. The fraction of sp³-hybridized carbons (Fsp3) is 0.625. The fourth-order valence-corrected chi connectivity index (χ4v) is 3.56. The highest BCUT2D eigenvalue weighted by Gasteiger charge is 2.23. The molecule has 2 atom stereocenters. The highest BCUT2D eigenvalue weighted by atomic mass is 79.9. The van der Waals surface area contributed by atoms with Gasteiger partial charge in [0.25, 0.3) is 0 Å². The fourth-order valence-electron chi connectivity index (χ4n) is 3.15. The molecule has 0 aromatic heterocycles. The van der Waals surface area contributed by atoms with Gasteiger partial charge in [-0.05, 0) is 57.0 Å². The van der Waals surface area contributed by atoms with Crippen LogP contribution in [0.3, 0.4) is 0 Å². The van der Waals surface area contributed by atoms with Crippen molar-refractivity contribution in [2.24, 2.45) is 0 Å². The first-order valence-electron chi connectivity index (χ1n) is 7.41. The lowest BCUT2D eigenvalue weighted by atomic mass is 10.0. The van der Waals surface area contributed by atoms with Crippen LogP contribution in [0, 0.1) is 0 Å². The first-order valence-corrected chi connectivity index (χ1v) is 8.20. The van der Waals surface area contributed by atoms with Crippen LogP contribution in [0.1, 0.15) is 44.2 Å². The third-order valence-corrected chi connectivity index (χ3v) is 4.77. The van der Waals surface area contributed by atoms with Crippen molar-refractivity contribution in [2.75, 3.05) is 20.1 Å². The zero-order valence-electron chi connectivity index (χ0n) is 12.0. The molecule has 1 aromatic rings. The second kappa shape index (κ2) is 7.41. The number of hydrogen-bond acceptors (Lipinski definition) is 2. The molecule has 0 amide bonds. The third kappa shape index (κ3) is 4.04. The molecule has 1 aliphatic rings. The van der Waals surface area contributed by atoms with E-state index in [1.807, 2.05) is 0 Å². The summed E-state index contributed by atoms with van der Waals surface area (Å²) in [7, 11) is 2.06. The molecule has 1 aliphatic heterocycles. The van der Waals surface area contributed by atoms with Crippen LogP contribution in [0.15, 0.2) is 28.7 Å². The van der Waals surface area contributed by atoms with Gasteiger partial charge in [-0.25, -0.2) is 0 Å². The summed E-state index contributed by atoms with van der Waals surface area (Å²) in [5.41, 5.74) is 1.38. The van der Waals surface area contributed by atoms with Crippen molar-refractivity contribution in [3.05, 3.63) is 34.3 Å². The molecule has 1 heterocycles. The zero-order chi connectivity index (χ0) is 13.7. The van der Waals surface area contributed by atoms with Crippen LogP contribution >= 0.6 is 15.9 Å². The van der Waals surface area contributed by atoms with Crippen LogP contribution < -0.4 is 5.32 Å². The second-order valence-electron chi connectivity index (χ2n) is 5.43. The van der Waals surface area contributed by atoms with Crippen molar-refractivity contribution >= 4 is 15.9 Å². The number of benzene rings is 1. The Hall–Kier alpha value is -0.380. The number of hydrogen-bond donors (Lipinski definition) is 1. The monoisotopic (exact) mass is 324 g/mol. The molecule has 0 spiro atoms. The summed E-state index contributed by atoms with van der Waals surface area (Å²) in [5, 5.41) is 3.45. The quantitative estimate of drug-likeness (QED) is 0.851. The van der Waals surface area contributed by atoms with E-state index in [0.717, 1.165) is 10.5 Å². The van der Waals surface area contributed by atoms with Crippen molar-refractivity contribution in [2.45, 2.75) is 44.7 Å². The first-order chi connectivity index (χ1) is 9.24. The topological polar surface area (TPSA) is 15.3 Å². The molecule has 2 nitrogen and oxygen atoms in total. The van der Waals surface area contributed by atoms with Crippen molar-refractivity contribution in [1.82, 2.24) is 10.2 Å². The van der Waals surface area contributed by atoms with Gasteiger partial charge in [-0.1, -0.05) is 35.0 Å². The van der Waals surface area contributed by atoms with Gasteiger partial charge in [0, 0.05) is 23.1 Å². The summed E-state index contributed by atoms with van der Waals surface area (Å²) in [5.74, 6) is 0. The summed E-state index contributed by atoms with van der Waals surface area (Å²) in [6, 6.07) is 9.92. The Morgan fingerprint density at radius 3 is 3.00 bits per heavy atom. The number of nitrogens with one attached hydrogen (secondary N) is 1. The molecule has 106 valence electrons. The van der Waals surface area contributed by atoms with Crippen LogP contribution in [0.5, 0.6) is 0 Å². The lowest BCUT2D eigenvalue weighted by molar-refractivity contribution is 0.235. The molecule has 1 aromatic carbocycles. The predicted molar refractivity (Wildman–Crippen MR) is 85.4 cm³/mol. The van der Waals surface area contributed by atoms with E-state index in [0.29, 0.717) is 6.04 Å². The molecule has 0 saturated carbocycles. The average Bonchev–Trinajstić information content (AvgIpc) is 2.87. The summed E-state index contributed by atoms with van der Waals surface area (Å²) >= 11 is 3.56. The van der Waals surface area contributed by atoms with Gasteiger partial charge in [0.05, 0.1) is 0 Å². The Balaban J connectivity index is 1.92. The van der Waals surface area contributed by atoms with E-state index in [1.165, 1.54) is 44.3 Å². The molecule has 1 N–H and O–H groups in total. The van der Waals surface area contributed by atoms with Gasteiger partial charge >= 0.3 is 0 Å². The summed E-state index contributed by atoms with van der Waals surface area (Å²) in [6.07, 6.45) is 5.24. The van der Waals surface area contributed by atoms with Crippen LogP contribution in [-0.2, 0) is 0 Å². The van der Waals surface area contributed by atoms with E-state index in [9.17, 15) is 0 Å². The molecule has 0 bridgehead atoms. The van der Waals surface area contributed by atoms with Gasteiger partial charge in [-0.2, -0.15) is 0 Å². The number of halogens is 1. The van der Waals surface area contributed by atoms with Gasteiger partial charge in [-0.3, -0.25) is 0 Å². The Labute approximate surface area is 125 Å². The van der Waals surface area contributed by atoms with Gasteiger partial charge in [0.2, 0.25) is 0 Å². The minimum Gasteiger partial charge on any atom is -0.313 e. The summed E-state index contributed by atoms with van der Waals surface area (Å²) in [6.45, 7) is 4.80. The Bertz CT molecular complexity index is 394. The lowest BCUT2D eigenvalue weighted by Gasteiger charge is -2.26. The third-order valence-electron chi connectivity index (χ3n) is 4.27. The molecule has 1 fully saturated rings. The van der Waals surface area contributed by atoms with Crippen LogP contribution in [0.25, 0.3) is 0 Å². The maximum absolute atomic E-state index is 3.56. The first kappa shape index (κ1) is 15.0. The van der Waals surface area contributed by atoms with E-state index in [1.54, 1.807) is 0 Å². The van der Waals surface area contributed by atoms with Gasteiger partial charge in [-0.15, -0.1) is 0 Å². The lowest BCUT2D eigenvalue weighted by Crippen LogP contribution is -2.32. The van der Waals surface area contributed by atoms with E-state index < -0.39 is 0 Å². The van der Waals surface area contributed by atoms with Gasteiger partial charge < -0.3 is 10.2 Å². The maximum Gasteiger partial charge on any atom is 0.0330 e. The van der Waals surface area contributed by atoms with Crippen LogP contribution in [-0.4, -0.2) is 31.1 Å². The molecular weight excluding hydrogens is 300 g/mol. The molecule has 3 heteroatoms. The maximum atomic E-state index is 3.56. The average molecular weight is 325 g/mol. The Morgan fingerprint density at radius 1 is 1.47 bits per heavy atom. The van der Waals surface area contributed by atoms with Crippen LogP contribution in [0.2, 0.25) is 0 Å². The van der Waals surface area contributed by atoms with E-state index in [4.69, 9.17) is 0 Å². The minimum atomic E-state index is 0.454. The SMILES string of the molecule is CCC1CCCN1CCC(NC)c1cccc(Br)c1. The largest absolute Gasteiger partial charge is 0.313 e. The van der Waals surface area contributed by atoms with Crippen molar-refractivity contribution in [3.8, 4) is 0 Å². The Morgan fingerprint density at radius 2 is 2.32 bits per heavy atom. The van der Waals surface area contributed by atoms with Gasteiger partial charge in [0.15, 0.2) is 0 Å². The highest BCUT2D eigenvalue weighted by Crippen LogP contribution is 2.24. The molecule has 0 aliphatic carbocycles. The van der Waals surface area contributed by atoms with Crippen molar-refractivity contribution in [3.63, 3.8) is 0 Å². The summed E-state index contributed by atoms with van der Waals surface area (Å²) < 4.78 is 1.16. The molecule has 1 saturated heterocycles. The Kier molecular flexibility index (Phi) is 5.86. The predicted octanol–water partition coefficient (Wildman–Crippen LogP) is 3.97. The second-order valence-corrected chi connectivity index (χ2v) is 6.34. The molecular formula is C16H25BrN2. The highest BCUT2D eigenvalue weighted by molar-refractivity contribution is 9.10. The minimum absolute atomic E-state index is 0.454. The van der Waals surface area contributed by atoms with Crippen molar-refractivity contribution in [1.29, 1.82) is 0 Å². The van der Waals surface area contributed by atoms with Gasteiger partial charge in [0.1, 0.15) is 0 Å². The smallest absolute Gasteiger partial charge is 0.0330 e.